The van der Waals surface area contributed by atoms with Gasteiger partial charge in [0.1, 0.15) is 0 Å². The van der Waals surface area contributed by atoms with E-state index in [0.29, 0.717) is 0 Å². The van der Waals surface area contributed by atoms with Crippen LogP contribution in [0.5, 0.6) is 0 Å². The van der Waals surface area contributed by atoms with E-state index < -0.39 is 0 Å². The first-order valence-electron chi connectivity index (χ1n) is 8.22. The van der Waals surface area contributed by atoms with Gasteiger partial charge in [-0.15, -0.1) is 6.58 Å². The molecule has 0 saturated heterocycles. The fourth-order valence-electron chi connectivity index (χ4n) is 1.80. The molecule has 0 aliphatic heterocycles. The maximum atomic E-state index is 3.85. The monoisotopic (exact) mass is 254 g/mol. The number of rotatable bonds is 10. The van der Waals surface area contributed by atoms with Crippen LogP contribution in [0.3, 0.4) is 0 Å². The SMILES string of the molecule is C=C(C)CCCCCC.CCCCCC(C)CC. The Hall–Kier alpha value is -0.260. The van der Waals surface area contributed by atoms with Gasteiger partial charge in [-0.1, -0.05) is 84.6 Å². The average Bonchev–Trinajstić information content (AvgIpc) is 2.35. The van der Waals surface area contributed by atoms with Crippen LogP contribution in [-0.4, -0.2) is 0 Å². The van der Waals surface area contributed by atoms with Crippen molar-refractivity contribution in [3.63, 3.8) is 0 Å². The smallest absolute Gasteiger partial charge is 0.0326 e. The van der Waals surface area contributed by atoms with E-state index in [2.05, 4.69) is 41.2 Å². The quantitative estimate of drug-likeness (QED) is 0.287. The molecule has 0 rings (SSSR count). The summed E-state index contributed by atoms with van der Waals surface area (Å²) in [7, 11) is 0. The predicted octanol–water partition coefficient (Wildman–Crippen LogP) is 7.15. The molecule has 0 nitrogen and oxygen atoms in total. The van der Waals surface area contributed by atoms with Crippen LogP contribution in [0, 0.1) is 5.92 Å². The zero-order valence-electron chi connectivity index (χ0n) is 13.9. The first-order valence-corrected chi connectivity index (χ1v) is 8.22. The van der Waals surface area contributed by atoms with E-state index in [9.17, 15) is 0 Å². The number of hydrogen-bond donors (Lipinski definition) is 0. The summed E-state index contributed by atoms with van der Waals surface area (Å²) in [5.74, 6) is 0.955. The number of unbranched alkanes of at least 4 members (excludes halogenated alkanes) is 5. The molecule has 0 bridgehead atoms. The van der Waals surface area contributed by atoms with Crippen LogP contribution in [0.2, 0.25) is 0 Å². The van der Waals surface area contributed by atoms with Gasteiger partial charge in [-0.25, -0.2) is 0 Å². The van der Waals surface area contributed by atoms with Gasteiger partial charge in [0.15, 0.2) is 0 Å². The Morgan fingerprint density at radius 2 is 1.44 bits per heavy atom. The summed E-state index contributed by atoms with van der Waals surface area (Å²) in [5.41, 5.74) is 1.33. The minimum Gasteiger partial charge on any atom is -0.100 e. The molecule has 0 heterocycles. The molecular weight excluding hydrogens is 216 g/mol. The van der Waals surface area contributed by atoms with E-state index in [1.807, 2.05) is 0 Å². The second kappa shape index (κ2) is 16.7. The van der Waals surface area contributed by atoms with Crippen molar-refractivity contribution in [3.05, 3.63) is 12.2 Å². The van der Waals surface area contributed by atoms with Gasteiger partial charge in [-0.3, -0.25) is 0 Å². The zero-order chi connectivity index (χ0) is 14.2. The highest BCUT2D eigenvalue weighted by atomic mass is 14.0. The third-order valence-electron chi connectivity index (χ3n) is 3.45. The maximum Gasteiger partial charge on any atom is -0.0326 e. The van der Waals surface area contributed by atoms with Crippen LogP contribution in [0.4, 0.5) is 0 Å². The summed E-state index contributed by atoms with van der Waals surface area (Å²) in [6.07, 6.45) is 13.6. The highest BCUT2D eigenvalue weighted by molar-refractivity contribution is 4.86. The lowest BCUT2D eigenvalue weighted by molar-refractivity contribution is 0.482. The van der Waals surface area contributed by atoms with Crippen LogP contribution in [0.1, 0.15) is 98.8 Å². The van der Waals surface area contributed by atoms with Crippen LogP contribution in [-0.2, 0) is 0 Å². The summed E-state index contributed by atoms with van der Waals surface area (Å²) in [5, 5.41) is 0. The van der Waals surface area contributed by atoms with Gasteiger partial charge in [0.25, 0.3) is 0 Å². The highest BCUT2D eigenvalue weighted by Crippen LogP contribution is 2.11. The van der Waals surface area contributed by atoms with Crippen molar-refractivity contribution < 1.29 is 0 Å². The molecule has 1 atom stereocenters. The summed E-state index contributed by atoms with van der Waals surface area (Å²) in [6.45, 7) is 15.1. The molecule has 0 aromatic heterocycles. The molecule has 0 N–H and O–H groups in total. The molecule has 0 radical (unpaired) electrons. The van der Waals surface area contributed by atoms with Crippen molar-refractivity contribution >= 4 is 0 Å². The second-order valence-electron chi connectivity index (χ2n) is 5.78. The lowest BCUT2D eigenvalue weighted by Crippen LogP contribution is -1.90. The summed E-state index contributed by atoms with van der Waals surface area (Å²) in [4.78, 5) is 0. The molecule has 18 heavy (non-hydrogen) atoms. The number of hydrogen-bond acceptors (Lipinski definition) is 0. The van der Waals surface area contributed by atoms with Crippen LogP contribution >= 0.6 is 0 Å². The summed E-state index contributed by atoms with van der Waals surface area (Å²) < 4.78 is 0. The normalized spacial score (nSPS) is 11.6. The van der Waals surface area contributed by atoms with Gasteiger partial charge in [-0.05, 0) is 25.7 Å². The lowest BCUT2D eigenvalue weighted by Gasteiger charge is -2.05. The Labute approximate surface area is 117 Å². The molecule has 0 heteroatoms. The summed E-state index contributed by atoms with van der Waals surface area (Å²) in [6, 6.07) is 0. The minimum absolute atomic E-state index is 0.955. The van der Waals surface area contributed by atoms with E-state index in [0.717, 1.165) is 5.92 Å². The van der Waals surface area contributed by atoms with E-state index in [4.69, 9.17) is 0 Å². The van der Waals surface area contributed by atoms with Crippen molar-refractivity contribution in [1.29, 1.82) is 0 Å². The molecule has 110 valence electrons. The average molecular weight is 255 g/mol. The molecule has 0 fully saturated rings. The first-order chi connectivity index (χ1) is 8.58. The molecule has 0 amide bonds. The van der Waals surface area contributed by atoms with Crippen LogP contribution in [0.25, 0.3) is 0 Å². The topological polar surface area (TPSA) is 0 Å². The molecule has 0 aliphatic carbocycles. The molecule has 0 saturated carbocycles. The third-order valence-corrected chi connectivity index (χ3v) is 3.45. The Morgan fingerprint density at radius 1 is 0.889 bits per heavy atom. The minimum atomic E-state index is 0.955. The fraction of sp³-hybridized carbons (Fsp3) is 0.889. The van der Waals surface area contributed by atoms with Gasteiger partial charge in [0.05, 0.1) is 0 Å². The Kier molecular flexibility index (Phi) is 18.7. The van der Waals surface area contributed by atoms with Crippen molar-refractivity contribution in [3.8, 4) is 0 Å². The van der Waals surface area contributed by atoms with Gasteiger partial charge in [0, 0.05) is 0 Å². The van der Waals surface area contributed by atoms with E-state index in [1.165, 1.54) is 69.8 Å². The van der Waals surface area contributed by atoms with Gasteiger partial charge < -0.3 is 0 Å². The third kappa shape index (κ3) is 21.1. The Balaban J connectivity index is 0. The fourth-order valence-corrected chi connectivity index (χ4v) is 1.80. The Morgan fingerprint density at radius 3 is 1.89 bits per heavy atom. The second-order valence-corrected chi connectivity index (χ2v) is 5.78. The molecule has 0 aromatic carbocycles. The predicted molar refractivity (Wildman–Crippen MR) is 87.2 cm³/mol. The van der Waals surface area contributed by atoms with Crippen molar-refractivity contribution in [1.82, 2.24) is 0 Å². The first kappa shape index (κ1) is 20.1. The maximum absolute atomic E-state index is 3.85. The van der Waals surface area contributed by atoms with Crippen LogP contribution in [0.15, 0.2) is 12.2 Å². The van der Waals surface area contributed by atoms with E-state index >= 15 is 0 Å². The summed E-state index contributed by atoms with van der Waals surface area (Å²) >= 11 is 0. The van der Waals surface area contributed by atoms with E-state index in [-0.39, 0.29) is 0 Å². The zero-order valence-corrected chi connectivity index (χ0v) is 13.9. The van der Waals surface area contributed by atoms with E-state index in [1.54, 1.807) is 0 Å². The number of allylic oxidation sites excluding steroid dienone is 1. The van der Waals surface area contributed by atoms with Crippen molar-refractivity contribution in [2.75, 3.05) is 0 Å². The van der Waals surface area contributed by atoms with Gasteiger partial charge in [-0.2, -0.15) is 0 Å². The Bertz CT molecular complexity index is 157. The molecule has 1 unspecified atom stereocenters. The van der Waals surface area contributed by atoms with Gasteiger partial charge >= 0.3 is 0 Å². The van der Waals surface area contributed by atoms with Crippen LogP contribution < -0.4 is 0 Å². The lowest BCUT2D eigenvalue weighted by atomic mass is 10.0. The molecule has 0 spiro atoms. The molecular formula is C18H38. The van der Waals surface area contributed by atoms with Crippen molar-refractivity contribution in [2.24, 2.45) is 5.92 Å². The van der Waals surface area contributed by atoms with Crippen molar-refractivity contribution in [2.45, 2.75) is 98.8 Å². The highest BCUT2D eigenvalue weighted by Gasteiger charge is 1.95. The standard InChI is InChI=1S/C9H18.C9H20/c1-4-5-6-7-8-9(2)3;1-4-6-7-8-9(3)5-2/h2,4-8H2,1,3H3;9H,4-8H2,1-3H3. The largest absolute Gasteiger partial charge is 0.100 e. The molecule has 0 aromatic rings. The van der Waals surface area contributed by atoms with Gasteiger partial charge in [0.2, 0.25) is 0 Å². The molecule has 0 aliphatic rings.